The molecule has 2 N–H and O–H groups in total. The largest absolute Gasteiger partial charge is 0.462 e. The molecule has 0 bridgehead atoms. The van der Waals surface area contributed by atoms with Gasteiger partial charge in [0, 0.05) is 5.69 Å². The van der Waals surface area contributed by atoms with Crippen LogP contribution in [-0.4, -0.2) is 29.4 Å². The van der Waals surface area contributed by atoms with Crippen LogP contribution in [0, 0.1) is 0 Å². The van der Waals surface area contributed by atoms with Gasteiger partial charge in [0.1, 0.15) is 6.26 Å². The van der Waals surface area contributed by atoms with Gasteiger partial charge >= 0.3 is 12.0 Å². The van der Waals surface area contributed by atoms with E-state index in [9.17, 15) is 14.4 Å². The summed E-state index contributed by atoms with van der Waals surface area (Å²) < 4.78 is 15.2. The Morgan fingerprint density at radius 2 is 1.83 bits per heavy atom. The molecule has 0 saturated carbocycles. The van der Waals surface area contributed by atoms with Gasteiger partial charge in [-0.05, 0) is 42.8 Å². The van der Waals surface area contributed by atoms with E-state index in [2.05, 4.69) is 15.6 Å². The summed E-state index contributed by atoms with van der Waals surface area (Å²) in [6.07, 6.45) is 4.22. The molecule has 1 aromatic carbocycles. The van der Waals surface area contributed by atoms with Gasteiger partial charge in [0.05, 0.1) is 18.4 Å². The zero-order valence-corrected chi connectivity index (χ0v) is 15.6. The maximum atomic E-state index is 12.3. The first-order valence-electron chi connectivity index (χ1n) is 8.95. The van der Waals surface area contributed by atoms with Crippen molar-refractivity contribution in [2.75, 3.05) is 17.2 Å². The number of aromatic nitrogens is 1. The third-order valence-electron chi connectivity index (χ3n) is 3.81. The minimum Gasteiger partial charge on any atom is -0.462 e. The molecular formula is C20H19N3O6. The van der Waals surface area contributed by atoms with Gasteiger partial charge in [0.2, 0.25) is 0 Å². The van der Waals surface area contributed by atoms with Crippen LogP contribution in [-0.2, 0) is 4.74 Å². The van der Waals surface area contributed by atoms with Crippen LogP contribution in [0.3, 0.4) is 0 Å². The molecule has 0 aliphatic carbocycles. The Hall–Kier alpha value is -3.88. The highest BCUT2D eigenvalue weighted by atomic mass is 16.5. The number of oxazole rings is 1. The highest BCUT2D eigenvalue weighted by Gasteiger charge is 2.16. The van der Waals surface area contributed by atoms with Crippen molar-refractivity contribution >= 4 is 29.5 Å². The van der Waals surface area contributed by atoms with Crippen LogP contribution in [0.25, 0.3) is 0 Å². The quantitative estimate of drug-likeness (QED) is 0.438. The number of ether oxygens (including phenoxy) is 1. The molecule has 0 fully saturated rings. The van der Waals surface area contributed by atoms with Crippen molar-refractivity contribution < 1.29 is 28.0 Å². The number of anilines is 2. The molecule has 3 aromatic rings. The molecule has 0 aliphatic rings. The SMILES string of the molecule is CCCCOC(=O)c1ccc(NC(=O)c2coc(NC(=O)c3ccco3)n2)cc1. The third kappa shape index (κ3) is 5.32. The summed E-state index contributed by atoms with van der Waals surface area (Å²) in [5.74, 6) is -1.41. The van der Waals surface area contributed by atoms with Crippen LogP contribution >= 0.6 is 0 Å². The van der Waals surface area contributed by atoms with Gasteiger partial charge in [0.15, 0.2) is 11.5 Å². The van der Waals surface area contributed by atoms with Crippen molar-refractivity contribution in [1.29, 1.82) is 0 Å². The Labute approximate surface area is 166 Å². The summed E-state index contributed by atoms with van der Waals surface area (Å²) >= 11 is 0. The van der Waals surface area contributed by atoms with Crippen LogP contribution < -0.4 is 10.6 Å². The lowest BCUT2D eigenvalue weighted by Crippen LogP contribution is -2.14. The molecule has 150 valence electrons. The topological polar surface area (TPSA) is 124 Å². The second kappa shape index (κ2) is 9.36. The predicted octanol–water partition coefficient (Wildman–Crippen LogP) is 3.73. The van der Waals surface area contributed by atoms with E-state index in [0.717, 1.165) is 19.1 Å². The van der Waals surface area contributed by atoms with E-state index in [1.165, 1.54) is 12.3 Å². The molecule has 2 amide bonds. The van der Waals surface area contributed by atoms with Crippen LogP contribution in [0.15, 0.2) is 57.8 Å². The number of nitrogens with zero attached hydrogens (tertiary/aromatic N) is 1. The number of unbranched alkanes of at least 4 members (excludes halogenated alkanes) is 1. The average Bonchev–Trinajstić information content (AvgIpc) is 3.41. The molecule has 9 heteroatoms. The van der Waals surface area contributed by atoms with E-state index in [1.807, 2.05) is 6.92 Å². The number of benzene rings is 1. The van der Waals surface area contributed by atoms with E-state index < -0.39 is 17.8 Å². The maximum Gasteiger partial charge on any atom is 0.338 e. The molecule has 9 nitrogen and oxygen atoms in total. The molecule has 0 unspecified atom stereocenters. The molecule has 0 aliphatic heterocycles. The van der Waals surface area contributed by atoms with Crippen molar-refractivity contribution in [2.45, 2.75) is 19.8 Å². The molecule has 0 spiro atoms. The fraction of sp³-hybridized carbons (Fsp3) is 0.200. The monoisotopic (exact) mass is 397 g/mol. The second-order valence-corrected chi connectivity index (χ2v) is 5.99. The Balaban J connectivity index is 1.55. The minimum absolute atomic E-state index is 0.0252. The summed E-state index contributed by atoms with van der Waals surface area (Å²) in [5.41, 5.74) is 0.829. The van der Waals surface area contributed by atoms with Crippen molar-refractivity contribution in [3.8, 4) is 0 Å². The second-order valence-electron chi connectivity index (χ2n) is 5.99. The van der Waals surface area contributed by atoms with Gasteiger partial charge < -0.3 is 18.9 Å². The summed E-state index contributed by atoms with van der Waals surface area (Å²) in [5, 5.41) is 5.01. The van der Waals surface area contributed by atoms with Crippen molar-refractivity contribution in [3.05, 3.63) is 65.9 Å². The fourth-order valence-electron chi connectivity index (χ4n) is 2.28. The molecule has 29 heavy (non-hydrogen) atoms. The molecule has 3 rings (SSSR count). The third-order valence-corrected chi connectivity index (χ3v) is 3.81. The summed E-state index contributed by atoms with van der Waals surface area (Å²) in [7, 11) is 0. The molecule has 2 heterocycles. The summed E-state index contributed by atoms with van der Waals surface area (Å²) in [6.45, 7) is 2.38. The Bertz CT molecular complexity index is 976. The minimum atomic E-state index is -0.551. The zero-order valence-electron chi connectivity index (χ0n) is 15.6. The first-order chi connectivity index (χ1) is 14.1. The van der Waals surface area contributed by atoms with Gasteiger partial charge in [-0.15, -0.1) is 0 Å². The van der Waals surface area contributed by atoms with Gasteiger partial charge in [-0.25, -0.2) is 4.79 Å². The molecular weight excluding hydrogens is 378 g/mol. The van der Waals surface area contributed by atoms with E-state index >= 15 is 0 Å². The lowest BCUT2D eigenvalue weighted by molar-refractivity contribution is 0.0499. The van der Waals surface area contributed by atoms with Crippen molar-refractivity contribution in [3.63, 3.8) is 0 Å². The van der Waals surface area contributed by atoms with E-state index in [1.54, 1.807) is 30.3 Å². The number of carbonyl (C=O) groups is 3. The smallest absolute Gasteiger partial charge is 0.338 e. The van der Waals surface area contributed by atoms with Gasteiger partial charge in [-0.3, -0.25) is 14.9 Å². The van der Waals surface area contributed by atoms with Gasteiger partial charge in [-0.2, -0.15) is 4.98 Å². The lowest BCUT2D eigenvalue weighted by Gasteiger charge is -2.06. The Morgan fingerprint density at radius 3 is 2.52 bits per heavy atom. The Morgan fingerprint density at radius 1 is 1.03 bits per heavy atom. The number of carbonyl (C=O) groups excluding carboxylic acids is 3. The standard InChI is InChI=1S/C20H19N3O6/c1-2-3-10-28-19(26)13-6-8-14(9-7-13)21-17(24)15-12-29-20(22-15)23-18(25)16-5-4-11-27-16/h4-9,11-12H,2-3,10H2,1H3,(H,21,24)(H,22,23,25). The number of rotatable bonds is 8. The van der Waals surface area contributed by atoms with E-state index in [0.29, 0.717) is 17.9 Å². The van der Waals surface area contributed by atoms with Gasteiger partial charge in [-0.1, -0.05) is 13.3 Å². The van der Waals surface area contributed by atoms with Crippen molar-refractivity contribution in [2.24, 2.45) is 0 Å². The fourth-order valence-corrected chi connectivity index (χ4v) is 2.28. The predicted molar refractivity (Wildman–Crippen MR) is 103 cm³/mol. The number of nitrogens with one attached hydrogen (secondary N) is 2. The first-order valence-corrected chi connectivity index (χ1v) is 8.95. The lowest BCUT2D eigenvalue weighted by atomic mass is 10.2. The molecule has 0 saturated heterocycles. The number of furan rings is 1. The molecule has 0 atom stereocenters. The Kier molecular flexibility index (Phi) is 6.41. The molecule has 0 radical (unpaired) electrons. The van der Waals surface area contributed by atoms with Crippen LogP contribution in [0.2, 0.25) is 0 Å². The maximum absolute atomic E-state index is 12.3. The van der Waals surface area contributed by atoms with Crippen LogP contribution in [0.1, 0.15) is 51.2 Å². The number of esters is 1. The number of amides is 2. The van der Waals surface area contributed by atoms with Gasteiger partial charge in [0.25, 0.3) is 11.8 Å². The highest BCUT2D eigenvalue weighted by molar-refractivity contribution is 6.04. The van der Waals surface area contributed by atoms with E-state index in [-0.39, 0.29) is 17.5 Å². The van der Waals surface area contributed by atoms with Crippen molar-refractivity contribution in [1.82, 2.24) is 4.98 Å². The number of hydrogen-bond acceptors (Lipinski definition) is 7. The molecule has 2 aromatic heterocycles. The van der Waals surface area contributed by atoms with Crippen LogP contribution in [0.4, 0.5) is 11.7 Å². The number of hydrogen-bond donors (Lipinski definition) is 2. The normalized spacial score (nSPS) is 10.4. The van der Waals surface area contributed by atoms with Crippen LogP contribution in [0.5, 0.6) is 0 Å². The average molecular weight is 397 g/mol. The first kappa shape index (κ1) is 19.9. The van der Waals surface area contributed by atoms with E-state index in [4.69, 9.17) is 13.6 Å². The summed E-state index contributed by atoms with van der Waals surface area (Å²) in [6, 6.07) is 9.18. The summed E-state index contributed by atoms with van der Waals surface area (Å²) in [4.78, 5) is 39.9. The highest BCUT2D eigenvalue weighted by Crippen LogP contribution is 2.14. The zero-order chi connectivity index (χ0) is 20.6.